The molecule has 4 heteroatoms. The first kappa shape index (κ1) is 12.1. The van der Waals surface area contributed by atoms with Crippen molar-refractivity contribution in [2.75, 3.05) is 13.2 Å². The van der Waals surface area contributed by atoms with Gasteiger partial charge in [-0.1, -0.05) is 12.1 Å². The summed E-state index contributed by atoms with van der Waals surface area (Å²) in [7, 11) is 0. The van der Waals surface area contributed by atoms with Crippen molar-refractivity contribution in [3.05, 3.63) is 35.6 Å². The maximum absolute atomic E-state index is 12.9. The molecule has 0 aliphatic heterocycles. The van der Waals surface area contributed by atoms with Gasteiger partial charge in [0.15, 0.2) is 0 Å². The molecule has 3 nitrogen and oxygen atoms in total. The minimum atomic E-state index is -0.771. The molecule has 0 saturated carbocycles. The molecule has 0 aromatic heterocycles. The van der Waals surface area contributed by atoms with Crippen LogP contribution in [-0.4, -0.2) is 29.4 Å². The Labute approximate surface area is 88.6 Å². The molecule has 84 valence electrons. The molecule has 1 aromatic rings. The monoisotopic (exact) mass is 213 g/mol. The number of rotatable bonds is 5. The second-order valence-corrected chi connectivity index (χ2v) is 3.47. The molecule has 0 bridgehead atoms. The van der Waals surface area contributed by atoms with Crippen LogP contribution in [0.3, 0.4) is 0 Å². The topological polar surface area (TPSA) is 52.5 Å². The zero-order chi connectivity index (χ0) is 11.3. The summed E-state index contributed by atoms with van der Waals surface area (Å²) in [6.07, 6.45) is -0.771. The first-order chi connectivity index (χ1) is 7.15. The molecular weight excluding hydrogens is 197 g/mol. The van der Waals surface area contributed by atoms with E-state index in [1.54, 1.807) is 19.1 Å². The largest absolute Gasteiger partial charge is 0.395 e. The SMILES string of the molecule is CC(NCCO)C(O)c1cccc(F)c1. The molecule has 0 amide bonds. The lowest BCUT2D eigenvalue weighted by Gasteiger charge is -2.20. The molecule has 2 atom stereocenters. The third-order valence-corrected chi connectivity index (χ3v) is 2.24. The van der Waals surface area contributed by atoms with Crippen LogP contribution in [0.25, 0.3) is 0 Å². The van der Waals surface area contributed by atoms with Crippen LogP contribution >= 0.6 is 0 Å². The van der Waals surface area contributed by atoms with E-state index in [4.69, 9.17) is 5.11 Å². The zero-order valence-corrected chi connectivity index (χ0v) is 8.65. The molecule has 1 rings (SSSR count). The highest BCUT2D eigenvalue weighted by atomic mass is 19.1. The van der Waals surface area contributed by atoms with Crippen LogP contribution in [0.5, 0.6) is 0 Å². The molecule has 0 saturated heterocycles. The van der Waals surface area contributed by atoms with E-state index in [0.29, 0.717) is 12.1 Å². The highest BCUT2D eigenvalue weighted by molar-refractivity contribution is 5.19. The molecule has 0 aliphatic rings. The Bertz CT molecular complexity index is 306. The number of benzene rings is 1. The van der Waals surface area contributed by atoms with E-state index >= 15 is 0 Å². The maximum Gasteiger partial charge on any atom is 0.123 e. The van der Waals surface area contributed by atoms with Gasteiger partial charge in [0.2, 0.25) is 0 Å². The Morgan fingerprint density at radius 1 is 1.47 bits per heavy atom. The van der Waals surface area contributed by atoms with Crippen LogP contribution in [0.1, 0.15) is 18.6 Å². The van der Waals surface area contributed by atoms with Gasteiger partial charge in [-0.15, -0.1) is 0 Å². The van der Waals surface area contributed by atoms with Gasteiger partial charge in [-0.3, -0.25) is 0 Å². The second-order valence-electron chi connectivity index (χ2n) is 3.47. The van der Waals surface area contributed by atoms with Gasteiger partial charge in [0, 0.05) is 12.6 Å². The Hall–Kier alpha value is -0.970. The summed E-state index contributed by atoms with van der Waals surface area (Å²) in [5.41, 5.74) is 0.535. The van der Waals surface area contributed by atoms with E-state index in [0.717, 1.165) is 0 Å². The van der Waals surface area contributed by atoms with Gasteiger partial charge < -0.3 is 15.5 Å². The molecular formula is C11H16FNO2. The quantitative estimate of drug-likeness (QED) is 0.679. The Kier molecular flexibility index (Phi) is 4.68. The molecule has 3 N–H and O–H groups in total. The third-order valence-electron chi connectivity index (χ3n) is 2.24. The van der Waals surface area contributed by atoms with Gasteiger partial charge in [-0.25, -0.2) is 4.39 Å². The minimum absolute atomic E-state index is 0.0141. The molecule has 0 spiro atoms. The highest BCUT2D eigenvalue weighted by Gasteiger charge is 2.15. The zero-order valence-electron chi connectivity index (χ0n) is 8.65. The summed E-state index contributed by atoms with van der Waals surface area (Å²) in [6.45, 7) is 2.21. The summed E-state index contributed by atoms with van der Waals surface area (Å²) < 4.78 is 12.9. The Balaban J connectivity index is 2.62. The van der Waals surface area contributed by atoms with E-state index < -0.39 is 6.10 Å². The van der Waals surface area contributed by atoms with Crippen molar-refractivity contribution in [2.24, 2.45) is 0 Å². The normalized spacial score (nSPS) is 14.9. The molecule has 0 radical (unpaired) electrons. The lowest BCUT2D eigenvalue weighted by atomic mass is 10.0. The van der Waals surface area contributed by atoms with Gasteiger partial charge in [-0.2, -0.15) is 0 Å². The molecule has 15 heavy (non-hydrogen) atoms. The molecule has 1 aromatic carbocycles. The average molecular weight is 213 g/mol. The fourth-order valence-electron chi connectivity index (χ4n) is 1.38. The average Bonchev–Trinajstić information content (AvgIpc) is 2.24. The van der Waals surface area contributed by atoms with Crippen LogP contribution in [0.2, 0.25) is 0 Å². The van der Waals surface area contributed by atoms with E-state index in [1.807, 2.05) is 0 Å². The van der Waals surface area contributed by atoms with Crippen molar-refractivity contribution in [2.45, 2.75) is 19.1 Å². The van der Waals surface area contributed by atoms with E-state index in [2.05, 4.69) is 5.32 Å². The number of aliphatic hydroxyl groups is 2. The predicted octanol–water partition coefficient (Wildman–Crippen LogP) is 0.829. The number of nitrogens with one attached hydrogen (secondary N) is 1. The first-order valence-electron chi connectivity index (χ1n) is 4.93. The predicted molar refractivity (Wildman–Crippen MR) is 55.9 cm³/mol. The molecule has 0 aliphatic carbocycles. The van der Waals surface area contributed by atoms with Gasteiger partial charge in [0.1, 0.15) is 5.82 Å². The third kappa shape index (κ3) is 3.58. The summed E-state index contributed by atoms with van der Waals surface area (Å²) in [5, 5.41) is 21.4. The van der Waals surface area contributed by atoms with E-state index in [9.17, 15) is 9.50 Å². The number of hydrogen-bond acceptors (Lipinski definition) is 3. The highest BCUT2D eigenvalue weighted by Crippen LogP contribution is 2.17. The van der Waals surface area contributed by atoms with Gasteiger partial charge in [0.25, 0.3) is 0 Å². The summed E-state index contributed by atoms with van der Waals surface area (Å²) in [4.78, 5) is 0. The standard InChI is InChI=1S/C11H16FNO2/c1-8(13-5-6-14)11(15)9-3-2-4-10(12)7-9/h2-4,7-8,11,13-15H,5-6H2,1H3. The Morgan fingerprint density at radius 3 is 2.80 bits per heavy atom. The van der Waals surface area contributed by atoms with E-state index in [1.165, 1.54) is 12.1 Å². The van der Waals surface area contributed by atoms with Crippen LogP contribution in [0, 0.1) is 5.82 Å². The number of halogens is 1. The van der Waals surface area contributed by atoms with Crippen molar-refractivity contribution in [1.29, 1.82) is 0 Å². The van der Waals surface area contributed by atoms with Crippen molar-refractivity contribution >= 4 is 0 Å². The van der Waals surface area contributed by atoms with Crippen molar-refractivity contribution in [3.63, 3.8) is 0 Å². The lowest BCUT2D eigenvalue weighted by Crippen LogP contribution is -2.34. The van der Waals surface area contributed by atoms with Crippen molar-refractivity contribution in [1.82, 2.24) is 5.32 Å². The smallest absolute Gasteiger partial charge is 0.123 e. The number of aliphatic hydroxyl groups excluding tert-OH is 2. The van der Waals surface area contributed by atoms with Crippen molar-refractivity contribution < 1.29 is 14.6 Å². The summed E-state index contributed by atoms with van der Waals surface area (Å²) in [5.74, 6) is -0.360. The summed E-state index contributed by atoms with van der Waals surface area (Å²) >= 11 is 0. The molecule has 0 heterocycles. The molecule has 0 fully saturated rings. The van der Waals surface area contributed by atoms with Crippen molar-refractivity contribution in [3.8, 4) is 0 Å². The van der Waals surface area contributed by atoms with Crippen LogP contribution < -0.4 is 5.32 Å². The second kappa shape index (κ2) is 5.80. The fraction of sp³-hybridized carbons (Fsp3) is 0.455. The fourth-order valence-corrected chi connectivity index (χ4v) is 1.38. The first-order valence-corrected chi connectivity index (χ1v) is 4.93. The minimum Gasteiger partial charge on any atom is -0.395 e. The Morgan fingerprint density at radius 2 is 2.20 bits per heavy atom. The van der Waals surface area contributed by atoms with Gasteiger partial charge in [-0.05, 0) is 24.6 Å². The van der Waals surface area contributed by atoms with Crippen LogP contribution in [0.15, 0.2) is 24.3 Å². The lowest BCUT2D eigenvalue weighted by molar-refractivity contribution is 0.132. The van der Waals surface area contributed by atoms with Gasteiger partial charge >= 0.3 is 0 Å². The van der Waals surface area contributed by atoms with Crippen LogP contribution in [-0.2, 0) is 0 Å². The number of hydrogen-bond donors (Lipinski definition) is 3. The van der Waals surface area contributed by atoms with Gasteiger partial charge in [0.05, 0.1) is 12.7 Å². The maximum atomic E-state index is 12.9. The molecule has 2 unspecified atom stereocenters. The van der Waals surface area contributed by atoms with Crippen LogP contribution in [0.4, 0.5) is 4.39 Å². The summed E-state index contributed by atoms with van der Waals surface area (Å²) in [6, 6.07) is 5.65. The van der Waals surface area contributed by atoms with E-state index in [-0.39, 0.29) is 18.5 Å².